The highest BCUT2D eigenvalue weighted by atomic mass is 16.1. The molecule has 0 atom stereocenters. The van der Waals surface area contributed by atoms with Crippen LogP contribution in [0.3, 0.4) is 0 Å². The molecule has 1 heterocycles. The Labute approximate surface area is 111 Å². The molecule has 19 heavy (non-hydrogen) atoms. The molecular weight excluding hydrogens is 242 g/mol. The summed E-state index contributed by atoms with van der Waals surface area (Å²) >= 11 is 0. The van der Waals surface area contributed by atoms with Gasteiger partial charge in [0.2, 0.25) is 5.95 Å². The summed E-state index contributed by atoms with van der Waals surface area (Å²) in [6, 6.07) is 7.48. The minimum absolute atomic E-state index is 0.213. The third-order valence-corrected chi connectivity index (χ3v) is 2.54. The Bertz CT molecular complexity index is 559. The van der Waals surface area contributed by atoms with Gasteiger partial charge >= 0.3 is 0 Å². The molecule has 0 fully saturated rings. The number of hydrogen-bond acceptors (Lipinski definition) is 4. The van der Waals surface area contributed by atoms with Gasteiger partial charge < -0.3 is 4.90 Å². The minimum Gasteiger partial charge on any atom is -0.305 e. The minimum atomic E-state index is -0.213. The SMILES string of the molecule is Cc1nc(NC(=O)c2ccc(CN(C)C)cc2)n[nH]1. The normalized spacial score (nSPS) is 10.7. The predicted molar refractivity (Wildman–Crippen MR) is 72.9 cm³/mol. The number of carbonyl (C=O) groups excluding carboxylic acids is 1. The van der Waals surface area contributed by atoms with Gasteiger partial charge in [-0.15, -0.1) is 5.10 Å². The molecule has 2 N–H and O–H groups in total. The standard InChI is InChI=1S/C13H17N5O/c1-9-14-13(17-16-9)15-12(19)11-6-4-10(5-7-11)8-18(2)3/h4-7H,8H2,1-3H3,(H2,14,15,16,17,19). The number of aromatic amines is 1. The van der Waals surface area contributed by atoms with Gasteiger partial charge in [-0.05, 0) is 38.7 Å². The zero-order valence-corrected chi connectivity index (χ0v) is 11.3. The highest BCUT2D eigenvalue weighted by Gasteiger charge is 2.08. The van der Waals surface area contributed by atoms with E-state index < -0.39 is 0 Å². The van der Waals surface area contributed by atoms with Crippen molar-refractivity contribution in [3.63, 3.8) is 0 Å². The van der Waals surface area contributed by atoms with Crippen molar-refractivity contribution in [2.24, 2.45) is 0 Å². The molecule has 2 aromatic rings. The quantitative estimate of drug-likeness (QED) is 0.871. The van der Waals surface area contributed by atoms with Crippen molar-refractivity contribution < 1.29 is 4.79 Å². The van der Waals surface area contributed by atoms with Crippen LogP contribution in [-0.2, 0) is 6.54 Å². The molecule has 0 spiro atoms. The van der Waals surface area contributed by atoms with E-state index in [-0.39, 0.29) is 5.91 Å². The summed E-state index contributed by atoms with van der Waals surface area (Å²) in [6.07, 6.45) is 0. The summed E-state index contributed by atoms with van der Waals surface area (Å²) in [6.45, 7) is 2.63. The second-order valence-electron chi connectivity index (χ2n) is 4.63. The molecule has 0 saturated heterocycles. The predicted octanol–water partition coefficient (Wildman–Crippen LogP) is 1.43. The summed E-state index contributed by atoms with van der Waals surface area (Å²) in [7, 11) is 4.01. The van der Waals surface area contributed by atoms with E-state index in [1.807, 2.05) is 26.2 Å². The van der Waals surface area contributed by atoms with E-state index in [0.29, 0.717) is 17.3 Å². The van der Waals surface area contributed by atoms with Gasteiger partial charge in [-0.3, -0.25) is 15.2 Å². The molecule has 0 radical (unpaired) electrons. The second-order valence-corrected chi connectivity index (χ2v) is 4.63. The molecule has 0 saturated carbocycles. The number of carbonyl (C=O) groups is 1. The van der Waals surface area contributed by atoms with E-state index in [9.17, 15) is 4.79 Å². The maximum atomic E-state index is 11.9. The number of anilines is 1. The largest absolute Gasteiger partial charge is 0.305 e. The van der Waals surface area contributed by atoms with Crippen LogP contribution in [0.25, 0.3) is 0 Å². The smallest absolute Gasteiger partial charge is 0.258 e. The van der Waals surface area contributed by atoms with E-state index >= 15 is 0 Å². The number of aromatic nitrogens is 3. The number of amides is 1. The lowest BCUT2D eigenvalue weighted by atomic mass is 10.1. The lowest BCUT2D eigenvalue weighted by Gasteiger charge is -2.09. The van der Waals surface area contributed by atoms with Gasteiger partial charge in [0.05, 0.1) is 0 Å². The second kappa shape index (κ2) is 5.62. The van der Waals surface area contributed by atoms with Gasteiger partial charge in [-0.1, -0.05) is 12.1 Å². The number of rotatable bonds is 4. The Balaban J connectivity index is 2.03. The average Bonchev–Trinajstić information content (AvgIpc) is 2.75. The molecule has 0 aliphatic heterocycles. The van der Waals surface area contributed by atoms with Crippen molar-refractivity contribution in [2.45, 2.75) is 13.5 Å². The fraction of sp³-hybridized carbons (Fsp3) is 0.308. The molecule has 6 heteroatoms. The molecule has 0 unspecified atom stereocenters. The number of H-pyrrole nitrogens is 1. The molecule has 6 nitrogen and oxygen atoms in total. The van der Waals surface area contributed by atoms with Gasteiger partial charge in [-0.25, -0.2) is 0 Å². The topological polar surface area (TPSA) is 73.9 Å². The summed E-state index contributed by atoms with van der Waals surface area (Å²) in [5.41, 5.74) is 1.75. The van der Waals surface area contributed by atoms with E-state index in [1.165, 1.54) is 0 Å². The van der Waals surface area contributed by atoms with Gasteiger partial charge in [0.1, 0.15) is 5.82 Å². The molecule has 2 rings (SSSR count). The maximum Gasteiger partial charge on any atom is 0.258 e. The number of aryl methyl sites for hydroxylation is 1. The highest BCUT2D eigenvalue weighted by Crippen LogP contribution is 2.08. The first-order valence-corrected chi connectivity index (χ1v) is 5.98. The lowest BCUT2D eigenvalue weighted by Crippen LogP contribution is -2.14. The zero-order valence-electron chi connectivity index (χ0n) is 11.3. The monoisotopic (exact) mass is 259 g/mol. The van der Waals surface area contributed by atoms with Gasteiger partial charge in [-0.2, -0.15) is 4.98 Å². The summed E-state index contributed by atoms with van der Waals surface area (Å²) in [4.78, 5) is 18.0. The Kier molecular flexibility index (Phi) is 3.91. The summed E-state index contributed by atoms with van der Waals surface area (Å²) < 4.78 is 0. The zero-order chi connectivity index (χ0) is 13.8. The van der Waals surface area contributed by atoms with Crippen LogP contribution in [0, 0.1) is 6.92 Å². The number of nitrogens with zero attached hydrogens (tertiary/aromatic N) is 3. The van der Waals surface area contributed by atoms with E-state index in [1.54, 1.807) is 19.1 Å². The molecule has 1 amide bonds. The number of nitrogens with one attached hydrogen (secondary N) is 2. The Hall–Kier alpha value is -2.21. The van der Waals surface area contributed by atoms with Crippen LogP contribution in [0.4, 0.5) is 5.95 Å². The van der Waals surface area contributed by atoms with Crippen molar-refractivity contribution in [1.82, 2.24) is 20.1 Å². The average molecular weight is 259 g/mol. The van der Waals surface area contributed by atoms with Gasteiger partial charge in [0.15, 0.2) is 0 Å². The molecule has 1 aromatic carbocycles. The molecule has 100 valence electrons. The van der Waals surface area contributed by atoms with Gasteiger partial charge in [0.25, 0.3) is 5.91 Å². The first-order valence-electron chi connectivity index (χ1n) is 5.98. The maximum absolute atomic E-state index is 11.9. The Morgan fingerprint density at radius 2 is 2.00 bits per heavy atom. The summed E-state index contributed by atoms with van der Waals surface area (Å²) in [5.74, 6) is 0.743. The molecule has 0 aliphatic carbocycles. The van der Waals surface area contributed by atoms with Crippen LogP contribution >= 0.6 is 0 Å². The van der Waals surface area contributed by atoms with Crippen LogP contribution < -0.4 is 5.32 Å². The van der Waals surface area contributed by atoms with E-state index in [2.05, 4.69) is 25.4 Å². The van der Waals surface area contributed by atoms with E-state index in [4.69, 9.17) is 0 Å². The number of hydrogen-bond donors (Lipinski definition) is 2. The van der Waals surface area contributed by atoms with E-state index in [0.717, 1.165) is 12.1 Å². The van der Waals surface area contributed by atoms with Crippen molar-refractivity contribution in [2.75, 3.05) is 19.4 Å². The van der Waals surface area contributed by atoms with Crippen molar-refractivity contribution in [3.8, 4) is 0 Å². The van der Waals surface area contributed by atoms with Crippen molar-refractivity contribution >= 4 is 11.9 Å². The van der Waals surface area contributed by atoms with Crippen LogP contribution in [0.15, 0.2) is 24.3 Å². The fourth-order valence-corrected chi connectivity index (χ4v) is 1.70. The Morgan fingerprint density at radius 1 is 1.32 bits per heavy atom. The third-order valence-electron chi connectivity index (χ3n) is 2.54. The molecule has 0 aliphatic rings. The summed E-state index contributed by atoms with van der Waals surface area (Å²) in [5, 5.41) is 9.17. The van der Waals surface area contributed by atoms with Crippen molar-refractivity contribution in [3.05, 3.63) is 41.2 Å². The van der Waals surface area contributed by atoms with Gasteiger partial charge in [0, 0.05) is 12.1 Å². The molecular formula is C13H17N5O. The van der Waals surface area contributed by atoms with Crippen LogP contribution in [0.5, 0.6) is 0 Å². The first-order chi connectivity index (χ1) is 9.04. The highest BCUT2D eigenvalue weighted by molar-refractivity contribution is 6.03. The van der Waals surface area contributed by atoms with Crippen LogP contribution in [0.1, 0.15) is 21.7 Å². The third kappa shape index (κ3) is 3.62. The molecule has 0 bridgehead atoms. The first kappa shape index (κ1) is 13.2. The Morgan fingerprint density at radius 3 is 2.53 bits per heavy atom. The van der Waals surface area contributed by atoms with Crippen molar-refractivity contribution in [1.29, 1.82) is 0 Å². The van der Waals surface area contributed by atoms with Crippen LogP contribution in [-0.4, -0.2) is 40.1 Å². The fourth-order valence-electron chi connectivity index (χ4n) is 1.70. The lowest BCUT2D eigenvalue weighted by molar-refractivity contribution is 0.102. The number of benzene rings is 1. The van der Waals surface area contributed by atoms with Crippen LogP contribution in [0.2, 0.25) is 0 Å². The molecule has 1 aromatic heterocycles.